The van der Waals surface area contributed by atoms with E-state index in [1.807, 2.05) is 0 Å². The SMILES string of the molecule is CC(=O)On1nnnc1-c1sccc1N.Cl. The molecule has 0 saturated carbocycles. The third-order valence-corrected chi connectivity index (χ3v) is 2.48. The minimum atomic E-state index is -0.501. The highest BCUT2D eigenvalue weighted by Crippen LogP contribution is 2.28. The smallest absolute Gasteiger partial charge is 0.332 e. The maximum Gasteiger partial charge on any atom is 0.332 e. The van der Waals surface area contributed by atoms with Gasteiger partial charge in [0.05, 0.1) is 5.69 Å². The lowest BCUT2D eigenvalue weighted by molar-refractivity contribution is -0.143. The van der Waals surface area contributed by atoms with Crippen molar-refractivity contribution in [2.45, 2.75) is 6.92 Å². The maximum absolute atomic E-state index is 10.8. The van der Waals surface area contributed by atoms with Crippen LogP contribution < -0.4 is 10.6 Å². The average Bonchev–Trinajstić information content (AvgIpc) is 2.73. The number of carbonyl (C=O) groups excluding carboxylic acids is 1. The normalized spacial score (nSPS) is 9.56. The zero-order chi connectivity index (χ0) is 10.8. The van der Waals surface area contributed by atoms with Gasteiger partial charge in [-0.15, -0.1) is 28.8 Å². The lowest BCUT2D eigenvalue weighted by Gasteiger charge is -2.00. The number of rotatable bonds is 2. The second-order valence-corrected chi connectivity index (χ2v) is 3.58. The lowest BCUT2D eigenvalue weighted by Crippen LogP contribution is -2.19. The molecular formula is C7H8ClN5O2S. The zero-order valence-corrected chi connectivity index (χ0v) is 9.79. The fraction of sp³-hybridized carbons (Fsp3) is 0.143. The zero-order valence-electron chi connectivity index (χ0n) is 8.15. The van der Waals surface area contributed by atoms with Gasteiger partial charge in [0, 0.05) is 6.92 Å². The molecular weight excluding hydrogens is 254 g/mol. The van der Waals surface area contributed by atoms with Gasteiger partial charge in [-0.3, -0.25) is 0 Å². The predicted octanol–water partition coefficient (Wildman–Crippen LogP) is 0.381. The molecule has 2 N–H and O–H groups in total. The number of tetrazole rings is 1. The van der Waals surface area contributed by atoms with E-state index in [1.165, 1.54) is 18.3 Å². The Labute approximate surface area is 101 Å². The first-order valence-electron chi connectivity index (χ1n) is 3.99. The number of nitrogens with two attached hydrogens (primary N) is 1. The topological polar surface area (TPSA) is 95.9 Å². The van der Waals surface area contributed by atoms with Gasteiger partial charge in [0.25, 0.3) is 0 Å². The van der Waals surface area contributed by atoms with Crippen LogP contribution in [0.2, 0.25) is 0 Å². The molecule has 0 atom stereocenters. The third kappa shape index (κ3) is 2.28. The summed E-state index contributed by atoms with van der Waals surface area (Å²) in [6, 6.07) is 1.73. The summed E-state index contributed by atoms with van der Waals surface area (Å²) in [5.41, 5.74) is 6.24. The van der Waals surface area contributed by atoms with Crippen LogP contribution in [-0.4, -0.2) is 26.3 Å². The summed E-state index contributed by atoms with van der Waals surface area (Å²) in [6.45, 7) is 1.27. The van der Waals surface area contributed by atoms with Crippen LogP contribution in [0.15, 0.2) is 11.4 Å². The van der Waals surface area contributed by atoms with Gasteiger partial charge in [0.15, 0.2) is 0 Å². The van der Waals surface area contributed by atoms with Gasteiger partial charge < -0.3 is 10.6 Å². The van der Waals surface area contributed by atoms with Crippen molar-refractivity contribution in [3.63, 3.8) is 0 Å². The number of nitrogen functional groups attached to an aromatic ring is 1. The van der Waals surface area contributed by atoms with Crippen LogP contribution in [0.5, 0.6) is 0 Å². The van der Waals surface area contributed by atoms with Crippen molar-refractivity contribution in [1.82, 2.24) is 20.4 Å². The van der Waals surface area contributed by atoms with Crippen LogP contribution >= 0.6 is 23.7 Å². The number of carbonyl (C=O) groups is 1. The van der Waals surface area contributed by atoms with E-state index in [9.17, 15) is 4.79 Å². The minimum absolute atomic E-state index is 0. The Bertz CT molecular complexity index is 496. The highest BCUT2D eigenvalue weighted by Gasteiger charge is 2.15. The van der Waals surface area contributed by atoms with Gasteiger partial charge in [0.2, 0.25) is 5.82 Å². The van der Waals surface area contributed by atoms with E-state index >= 15 is 0 Å². The van der Waals surface area contributed by atoms with Gasteiger partial charge in [-0.1, -0.05) is 0 Å². The molecule has 0 amide bonds. The second kappa shape index (κ2) is 4.90. The van der Waals surface area contributed by atoms with Crippen molar-refractivity contribution in [2.24, 2.45) is 0 Å². The van der Waals surface area contributed by atoms with Crippen LogP contribution in [0.4, 0.5) is 5.69 Å². The van der Waals surface area contributed by atoms with E-state index < -0.39 is 5.97 Å². The average molecular weight is 262 g/mol. The Morgan fingerprint density at radius 2 is 2.38 bits per heavy atom. The number of nitrogens with zero attached hydrogens (tertiary/aromatic N) is 4. The Morgan fingerprint density at radius 3 is 2.94 bits per heavy atom. The Kier molecular flexibility index (Phi) is 3.80. The largest absolute Gasteiger partial charge is 0.397 e. The Balaban J connectivity index is 0.00000128. The van der Waals surface area contributed by atoms with Gasteiger partial charge in [0.1, 0.15) is 4.88 Å². The van der Waals surface area contributed by atoms with Crippen LogP contribution in [0.25, 0.3) is 10.7 Å². The van der Waals surface area contributed by atoms with Crippen LogP contribution in [0.3, 0.4) is 0 Å². The summed E-state index contributed by atoms with van der Waals surface area (Å²) in [7, 11) is 0. The molecule has 0 spiro atoms. The molecule has 0 fully saturated rings. The molecule has 16 heavy (non-hydrogen) atoms. The molecule has 0 unspecified atom stereocenters. The molecule has 0 bridgehead atoms. The molecule has 9 heteroatoms. The highest BCUT2D eigenvalue weighted by atomic mass is 35.5. The van der Waals surface area contributed by atoms with Crippen molar-refractivity contribution in [1.29, 1.82) is 0 Å². The third-order valence-electron chi connectivity index (χ3n) is 1.56. The second-order valence-electron chi connectivity index (χ2n) is 2.66. The maximum atomic E-state index is 10.8. The molecule has 2 heterocycles. The molecule has 0 aromatic carbocycles. The quantitative estimate of drug-likeness (QED) is 0.785. The van der Waals surface area contributed by atoms with E-state index in [4.69, 9.17) is 10.6 Å². The fourth-order valence-corrected chi connectivity index (χ4v) is 1.77. The molecule has 2 aromatic heterocycles. The van der Waals surface area contributed by atoms with E-state index in [0.717, 1.165) is 4.85 Å². The monoisotopic (exact) mass is 261 g/mol. The summed E-state index contributed by atoms with van der Waals surface area (Å²) in [4.78, 5) is 17.1. The van der Waals surface area contributed by atoms with Gasteiger partial charge in [-0.05, 0) is 26.7 Å². The van der Waals surface area contributed by atoms with Gasteiger partial charge in [-0.2, -0.15) is 0 Å². The van der Waals surface area contributed by atoms with Crippen molar-refractivity contribution < 1.29 is 9.63 Å². The van der Waals surface area contributed by atoms with Crippen molar-refractivity contribution in [3.8, 4) is 10.7 Å². The first kappa shape index (κ1) is 12.4. The molecule has 0 saturated heterocycles. The van der Waals surface area contributed by atoms with E-state index in [1.54, 1.807) is 11.4 Å². The number of hydrogen-bond acceptors (Lipinski definition) is 7. The van der Waals surface area contributed by atoms with Gasteiger partial charge in [-0.25, -0.2) is 4.79 Å². The summed E-state index contributed by atoms with van der Waals surface area (Å²) < 4.78 is 0. The molecule has 0 aliphatic heterocycles. The molecule has 0 aliphatic carbocycles. The highest BCUT2D eigenvalue weighted by molar-refractivity contribution is 7.14. The first-order valence-corrected chi connectivity index (χ1v) is 4.87. The standard InChI is InChI=1S/C7H7N5O2S.ClH/c1-4(13)14-12-7(9-10-11-12)6-5(8)2-3-15-6;/h2-3H,8H2,1H3;1H. The van der Waals surface area contributed by atoms with E-state index in [-0.39, 0.29) is 12.4 Å². The van der Waals surface area contributed by atoms with E-state index in [2.05, 4.69) is 15.5 Å². The van der Waals surface area contributed by atoms with Crippen molar-refractivity contribution >= 4 is 35.4 Å². The van der Waals surface area contributed by atoms with Crippen LogP contribution in [0, 0.1) is 0 Å². The molecule has 86 valence electrons. The summed E-state index contributed by atoms with van der Waals surface area (Å²) in [5, 5.41) is 12.5. The molecule has 2 aromatic rings. The molecule has 7 nitrogen and oxygen atoms in total. The van der Waals surface area contributed by atoms with Crippen molar-refractivity contribution in [2.75, 3.05) is 5.73 Å². The van der Waals surface area contributed by atoms with Crippen LogP contribution in [-0.2, 0) is 4.79 Å². The van der Waals surface area contributed by atoms with Crippen LogP contribution in [0.1, 0.15) is 6.92 Å². The summed E-state index contributed by atoms with van der Waals surface area (Å²) >= 11 is 1.37. The summed E-state index contributed by atoms with van der Waals surface area (Å²) in [5.74, 6) is -0.184. The lowest BCUT2D eigenvalue weighted by atomic mass is 10.4. The fourth-order valence-electron chi connectivity index (χ4n) is 0.996. The van der Waals surface area contributed by atoms with Crippen molar-refractivity contribution in [3.05, 3.63) is 11.4 Å². The predicted molar refractivity (Wildman–Crippen MR) is 60.1 cm³/mol. The van der Waals surface area contributed by atoms with Gasteiger partial charge >= 0.3 is 5.97 Å². The molecule has 2 rings (SSSR count). The number of anilines is 1. The Morgan fingerprint density at radius 1 is 1.62 bits per heavy atom. The van der Waals surface area contributed by atoms with E-state index in [0.29, 0.717) is 16.4 Å². The molecule has 0 radical (unpaired) electrons. The Hall–Kier alpha value is -1.67. The molecule has 0 aliphatic rings. The number of aromatic nitrogens is 4. The number of halogens is 1. The number of hydrogen-bond donors (Lipinski definition) is 1. The number of thiophene rings is 1. The first-order chi connectivity index (χ1) is 7.18. The minimum Gasteiger partial charge on any atom is -0.397 e. The summed E-state index contributed by atoms with van der Waals surface area (Å²) in [6.07, 6.45) is 0.